The van der Waals surface area contributed by atoms with Crippen LogP contribution >= 0.6 is 11.6 Å². The van der Waals surface area contributed by atoms with E-state index in [4.69, 9.17) is 11.6 Å². The molecular weight excluding hydrogens is 319 g/mol. The molecule has 0 spiro atoms. The number of nitrogens with zero attached hydrogens (tertiary/aromatic N) is 1. The number of anilines is 1. The summed E-state index contributed by atoms with van der Waals surface area (Å²) >= 11 is 5.70. The van der Waals surface area contributed by atoms with Crippen LogP contribution in [0.5, 0.6) is 0 Å². The van der Waals surface area contributed by atoms with E-state index in [1.165, 1.54) is 12.1 Å². The molecule has 1 aromatic carbocycles. The van der Waals surface area contributed by atoms with Crippen molar-refractivity contribution in [3.8, 4) is 0 Å². The van der Waals surface area contributed by atoms with E-state index >= 15 is 0 Å². The number of hydrogen-bond acceptors (Lipinski definition) is 3. The Bertz CT molecular complexity index is 598. The molecule has 0 unspecified atom stereocenters. The number of aliphatic hydroxyl groups is 1. The maximum Gasteiger partial charge on any atom is 0.238 e. The maximum atomic E-state index is 13.7. The van der Waals surface area contributed by atoms with E-state index in [1.54, 1.807) is 6.07 Å². The Morgan fingerprint density at radius 2 is 2.26 bits per heavy atom. The number of likely N-dealkylation sites (tertiary alicyclic amines) is 1. The summed E-state index contributed by atoms with van der Waals surface area (Å²) in [6.45, 7) is 1.64. The summed E-state index contributed by atoms with van der Waals surface area (Å²) < 4.78 is 13.7. The third-order valence-electron chi connectivity index (χ3n) is 5.08. The van der Waals surface area contributed by atoms with Crippen molar-refractivity contribution in [3.05, 3.63) is 29.0 Å². The molecule has 23 heavy (non-hydrogen) atoms. The Hall–Kier alpha value is -1.17. The molecule has 2 atom stereocenters. The van der Waals surface area contributed by atoms with E-state index in [-0.39, 0.29) is 24.1 Å². The minimum atomic E-state index is -0.548. The highest BCUT2D eigenvalue weighted by Gasteiger charge is 2.42. The predicted octanol–water partition coefficient (Wildman–Crippen LogP) is 3.04. The maximum absolute atomic E-state index is 13.7. The van der Waals surface area contributed by atoms with E-state index < -0.39 is 11.4 Å². The monoisotopic (exact) mass is 340 g/mol. The number of piperidine rings is 1. The molecular formula is C17H22ClFN2O2. The number of carbonyl (C=O) groups is 1. The highest BCUT2D eigenvalue weighted by Crippen LogP contribution is 2.39. The van der Waals surface area contributed by atoms with Crippen molar-refractivity contribution >= 4 is 23.2 Å². The Morgan fingerprint density at radius 1 is 1.43 bits per heavy atom. The quantitative estimate of drug-likeness (QED) is 0.889. The first-order valence-electron chi connectivity index (χ1n) is 8.16. The molecule has 2 aliphatic rings. The van der Waals surface area contributed by atoms with Crippen LogP contribution < -0.4 is 5.32 Å². The van der Waals surface area contributed by atoms with E-state index in [9.17, 15) is 14.3 Å². The molecule has 1 saturated carbocycles. The van der Waals surface area contributed by atoms with E-state index in [2.05, 4.69) is 5.32 Å². The first-order chi connectivity index (χ1) is 11.0. The third-order valence-corrected chi connectivity index (χ3v) is 5.32. The van der Waals surface area contributed by atoms with Crippen molar-refractivity contribution in [2.24, 2.45) is 5.92 Å². The molecule has 6 heteroatoms. The molecule has 1 aliphatic heterocycles. The minimum absolute atomic E-state index is 0.144. The fourth-order valence-electron chi connectivity index (χ4n) is 3.77. The lowest BCUT2D eigenvalue weighted by Gasteiger charge is -2.47. The van der Waals surface area contributed by atoms with Crippen molar-refractivity contribution < 1.29 is 14.3 Å². The van der Waals surface area contributed by atoms with Crippen molar-refractivity contribution in [2.75, 3.05) is 25.0 Å². The lowest BCUT2D eigenvalue weighted by molar-refractivity contribution is -0.123. The molecule has 1 aliphatic carbocycles. The zero-order valence-electron chi connectivity index (χ0n) is 13.0. The number of carbonyl (C=O) groups excluding carboxylic acids is 1. The molecule has 2 N–H and O–H groups in total. The SMILES string of the molecule is O=C(CN1CC[C@@]2(O)CCCC[C@H]2C1)Nc1ccc(Cl)cc1F. The van der Waals surface area contributed by atoms with Gasteiger partial charge in [-0.15, -0.1) is 0 Å². The van der Waals surface area contributed by atoms with E-state index in [1.807, 2.05) is 4.90 Å². The second kappa shape index (κ2) is 6.75. The van der Waals surface area contributed by atoms with Gasteiger partial charge in [0.15, 0.2) is 0 Å². The Morgan fingerprint density at radius 3 is 3.04 bits per heavy atom. The van der Waals surface area contributed by atoms with Gasteiger partial charge in [0, 0.05) is 24.0 Å². The van der Waals surface area contributed by atoms with Crippen LogP contribution in [0.4, 0.5) is 10.1 Å². The van der Waals surface area contributed by atoms with Crippen LogP contribution in [0, 0.1) is 11.7 Å². The van der Waals surface area contributed by atoms with Gasteiger partial charge >= 0.3 is 0 Å². The van der Waals surface area contributed by atoms with Crippen LogP contribution in [-0.2, 0) is 4.79 Å². The van der Waals surface area contributed by atoms with E-state index in [0.29, 0.717) is 18.0 Å². The zero-order valence-corrected chi connectivity index (χ0v) is 13.8. The molecule has 1 aromatic rings. The Balaban J connectivity index is 1.56. The second-order valence-corrected chi connectivity index (χ2v) is 7.14. The van der Waals surface area contributed by atoms with E-state index in [0.717, 1.165) is 32.2 Å². The van der Waals surface area contributed by atoms with Crippen LogP contribution in [0.1, 0.15) is 32.1 Å². The molecule has 126 valence electrons. The highest BCUT2D eigenvalue weighted by molar-refractivity contribution is 6.30. The van der Waals surface area contributed by atoms with Gasteiger partial charge in [-0.2, -0.15) is 0 Å². The number of nitrogens with one attached hydrogen (secondary N) is 1. The lowest BCUT2D eigenvalue weighted by atomic mass is 9.71. The van der Waals surface area contributed by atoms with Gasteiger partial charge in [-0.3, -0.25) is 9.69 Å². The summed E-state index contributed by atoms with van der Waals surface area (Å²) in [7, 11) is 0. The van der Waals surface area contributed by atoms with Crippen molar-refractivity contribution in [1.82, 2.24) is 4.90 Å². The number of hydrogen-bond donors (Lipinski definition) is 2. The van der Waals surface area contributed by atoms with Crippen molar-refractivity contribution in [1.29, 1.82) is 0 Å². The summed E-state index contributed by atoms with van der Waals surface area (Å²) in [5.74, 6) is -0.538. The Labute approximate surface area is 140 Å². The molecule has 1 amide bonds. The number of benzene rings is 1. The molecule has 0 bridgehead atoms. The number of halogens is 2. The summed E-state index contributed by atoms with van der Waals surface area (Å²) in [6.07, 6.45) is 4.82. The van der Waals surface area contributed by atoms with Crippen LogP contribution in [0.2, 0.25) is 5.02 Å². The van der Waals surface area contributed by atoms with Crippen molar-refractivity contribution in [2.45, 2.75) is 37.7 Å². The summed E-state index contributed by atoms with van der Waals surface area (Å²) in [5.41, 5.74) is -0.404. The largest absolute Gasteiger partial charge is 0.390 e. The fraction of sp³-hybridized carbons (Fsp3) is 0.588. The minimum Gasteiger partial charge on any atom is -0.390 e. The van der Waals surface area contributed by atoms with Gasteiger partial charge in [-0.1, -0.05) is 24.4 Å². The first-order valence-corrected chi connectivity index (χ1v) is 8.54. The molecule has 4 nitrogen and oxygen atoms in total. The molecule has 0 radical (unpaired) electrons. The van der Waals surface area contributed by atoms with Crippen LogP contribution in [0.25, 0.3) is 0 Å². The zero-order chi connectivity index (χ0) is 16.4. The number of fused-ring (bicyclic) bond motifs is 1. The average Bonchev–Trinajstić information content (AvgIpc) is 2.50. The van der Waals surface area contributed by atoms with Crippen molar-refractivity contribution in [3.63, 3.8) is 0 Å². The first kappa shape index (κ1) is 16.7. The smallest absolute Gasteiger partial charge is 0.238 e. The molecule has 3 rings (SSSR count). The normalized spacial score (nSPS) is 28.2. The summed E-state index contributed by atoms with van der Waals surface area (Å²) in [5, 5.41) is 13.5. The molecule has 0 aromatic heterocycles. The topological polar surface area (TPSA) is 52.6 Å². The van der Waals surface area contributed by atoms with Crippen LogP contribution in [0.15, 0.2) is 18.2 Å². The van der Waals surface area contributed by atoms with Crippen LogP contribution in [-0.4, -0.2) is 41.1 Å². The molecule has 1 heterocycles. The predicted molar refractivity (Wildman–Crippen MR) is 88.0 cm³/mol. The standard InChI is InChI=1S/C17H22ClFN2O2/c18-13-4-5-15(14(19)9-13)20-16(22)11-21-8-7-17(23)6-2-1-3-12(17)10-21/h4-5,9,12,23H,1-3,6-8,10-11H2,(H,20,22)/t12-,17-/m0/s1. The highest BCUT2D eigenvalue weighted by atomic mass is 35.5. The van der Waals surface area contributed by atoms with Gasteiger partial charge in [0.05, 0.1) is 17.8 Å². The lowest BCUT2D eigenvalue weighted by Crippen LogP contribution is -2.54. The number of amides is 1. The average molecular weight is 341 g/mol. The van der Waals surface area contributed by atoms with Gasteiger partial charge in [0.25, 0.3) is 0 Å². The van der Waals surface area contributed by atoms with Gasteiger partial charge in [0.2, 0.25) is 5.91 Å². The third kappa shape index (κ3) is 3.84. The van der Waals surface area contributed by atoms with Gasteiger partial charge in [-0.25, -0.2) is 4.39 Å². The Kier molecular flexibility index (Phi) is 4.90. The van der Waals surface area contributed by atoms with Gasteiger partial charge < -0.3 is 10.4 Å². The van der Waals surface area contributed by atoms with Gasteiger partial charge in [-0.05, 0) is 37.5 Å². The number of rotatable bonds is 3. The van der Waals surface area contributed by atoms with Crippen LogP contribution in [0.3, 0.4) is 0 Å². The second-order valence-electron chi connectivity index (χ2n) is 6.70. The molecule has 1 saturated heterocycles. The summed E-state index contributed by atoms with van der Waals surface area (Å²) in [6, 6.07) is 4.19. The fourth-order valence-corrected chi connectivity index (χ4v) is 3.93. The molecule has 2 fully saturated rings. The van der Waals surface area contributed by atoms with Gasteiger partial charge in [0.1, 0.15) is 5.82 Å². The summed E-state index contributed by atoms with van der Waals surface area (Å²) in [4.78, 5) is 14.2.